The summed E-state index contributed by atoms with van der Waals surface area (Å²) >= 11 is 0. The van der Waals surface area contributed by atoms with Crippen molar-refractivity contribution in [2.45, 2.75) is 19.9 Å². The molecule has 1 unspecified atom stereocenters. The van der Waals surface area contributed by atoms with Crippen molar-refractivity contribution in [3.05, 3.63) is 17.5 Å². The zero-order valence-electron chi connectivity index (χ0n) is 8.74. The first kappa shape index (κ1) is 10.7. The summed E-state index contributed by atoms with van der Waals surface area (Å²) in [5.41, 5.74) is 6.99. The predicted octanol–water partition coefficient (Wildman–Crippen LogP) is 0.137. The number of hydrogen-bond donors (Lipinski definition) is 2. The van der Waals surface area contributed by atoms with Crippen LogP contribution < -0.4 is 5.73 Å². The highest BCUT2D eigenvalue weighted by molar-refractivity contribution is 5.94. The van der Waals surface area contributed by atoms with Gasteiger partial charge in [-0.15, -0.1) is 0 Å². The average molecular weight is 196 g/mol. The van der Waals surface area contributed by atoms with Crippen molar-refractivity contribution in [3.8, 4) is 0 Å². The van der Waals surface area contributed by atoms with Gasteiger partial charge < -0.3 is 10.6 Å². The predicted molar refractivity (Wildman–Crippen MR) is 53.9 cm³/mol. The van der Waals surface area contributed by atoms with Gasteiger partial charge >= 0.3 is 0 Å². The minimum Gasteiger partial charge on any atom is -0.340 e. The van der Waals surface area contributed by atoms with E-state index in [4.69, 9.17) is 5.73 Å². The fraction of sp³-hybridized carbons (Fsp3) is 0.556. The van der Waals surface area contributed by atoms with Crippen LogP contribution in [0, 0.1) is 6.92 Å². The SMILES string of the molecule is Cc1[nH]ncc1C(=O)N(C)CC(C)N. The van der Waals surface area contributed by atoms with E-state index < -0.39 is 0 Å². The summed E-state index contributed by atoms with van der Waals surface area (Å²) in [6.45, 7) is 4.23. The molecule has 0 radical (unpaired) electrons. The van der Waals surface area contributed by atoms with Crippen LogP contribution in [0.2, 0.25) is 0 Å². The number of likely N-dealkylation sites (N-methyl/N-ethyl adjacent to an activating group) is 1. The third-order valence-corrected chi connectivity index (χ3v) is 1.97. The second kappa shape index (κ2) is 4.23. The molecule has 1 atom stereocenters. The molecule has 1 aromatic rings. The van der Waals surface area contributed by atoms with Gasteiger partial charge in [0.25, 0.3) is 5.91 Å². The lowest BCUT2D eigenvalue weighted by atomic mass is 10.2. The molecule has 0 aromatic carbocycles. The molecule has 0 aliphatic heterocycles. The number of nitrogens with one attached hydrogen (secondary N) is 1. The summed E-state index contributed by atoms with van der Waals surface area (Å²) in [5.74, 6) is -0.0476. The van der Waals surface area contributed by atoms with Gasteiger partial charge in [-0.3, -0.25) is 9.89 Å². The number of nitrogens with zero attached hydrogens (tertiary/aromatic N) is 2. The summed E-state index contributed by atoms with van der Waals surface area (Å²) < 4.78 is 0. The van der Waals surface area contributed by atoms with E-state index in [9.17, 15) is 4.79 Å². The maximum Gasteiger partial charge on any atom is 0.257 e. The Balaban J connectivity index is 2.71. The molecular weight excluding hydrogens is 180 g/mol. The van der Waals surface area contributed by atoms with Gasteiger partial charge in [-0.2, -0.15) is 5.10 Å². The van der Waals surface area contributed by atoms with Crippen molar-refractivity contribution in [1.29, 1.82) is 0 Å². The Morgan fingerprint density at radius 2 is 2.43 bits per heavy atom. The second-order valence-electron chi connectivity index (χ2n) is 3.57. The summed E-state index contributed by atoms with van der Waals surface area (Å²) in [4.78, 5) is 13.4. The monoisotopic (exact) mass is 196 g/mol. The minimum atomic E-state index is -0.0476. The van der Waals surface area contributed by atoms with Crippen molar-refractivity contribution in [3.63, 3.8) is 0 Å². The summed E-state index contributed by atoms with van der Waals surface area (Å²) in [6, 6.07) is -0.0174. The van der Waals surface area contributed by atoms with Crippen LogP contribution in [0.25, 0.3) is 0 Å². The Morgan fingerprint density at radius 3 is 2.86 bits per heavy atom. The van der Waals surface area contributed by atoms with E-state index in [1.807, 2.05) is 13.8 Å². The van der Waals surface area contributed by atoms with Crippen LogP contribution in [0.1, 0.15) is 23.0 Å². The quantitative estimate of drug-likeness (QED) is 0.722. The number of carbonyl (C=O) groups is 1. The van der Waals surface area contributed by atoms with E-state index in [1.165, 1.54) is 6.20 Å². The molecule has 14 heavy (non-hydrogen) atoms. The average Bonchev–Trinajstić information content (AvgIpc) is 2.48. The highest BCUT2D eigenvalue weighted by Gasteiger charge is 2.15. The molecule has 78 valence electrons. The molecule has 0 aliphatic rings. The molecule has 5 nitrogen and oxygen atoms in total. The van der Waals surface area contributed by atoms with Crippen molar-refractivity contribution >= 4 is 5.91 Å². The Hall–Kier alpha value is -1.36. The zero-order valence-corrected chi connectivity index (χ0v) is 8.74. The van der Waals surface area contributed by atoms with Crippen molar-refractivity contribution in [1.82, 2.24) is 15.1 Å². The molecule has 0 spiro atoms. The first-order chi connectivity index (χ1) is 6.52. The fourth-order valence-corrected chi connectivity index (χ4v) is 1.29. The Labute approximate surface area is 83.3 Å². The van der Waals surface area contributed by atoms with Gasteiger partial charge in [0, 0.05) is 25.3 Å². The zero-order chi connectivity index (χ0) is 10.7. The highest BCUT2D eigenvalue weighted by Crippen LogP contribution is 2.06. The third kappa shape index (κ3) is 2.32. The number of amides is 1. The fourth-order valence-electron chi connectivity index (χ4n) is 1.29. The number of rotatable bonds is 3. The molecule has 0 aliphatic carbocycles. The Morgan fingerprint density at radius 1 is 1.79 bits per heavy atom. The molecule has 0 bridgehead atoms. The van der Waals surface area contributed by atoms with Gasteiger partial charge in [0.05, 0.1) is 11.8 Å². The van der Waals surface area contributed by atoms with Gasteiger partial charge in [0.2, 0.25) is 0 Å². The summed E-state index contributed by atoms with van der Waals surface area (Å²) in [6.07, 6.45) is 1.54. The van der Waals surface area contributed by atoms with E-state index in [2.05, 4.69) is 10.2 Å². The molecule has 0 saturated carbocycles. The highest BCUT2D eigenvalue weighted by atomic mass is 16.2. The van der Waals surface area contributed by atoms with Gasteiger partial charge in [-0.1, -0.05) is 0 Å². The normalized spacial score (nSPS) is 12.6. The number of aryl methyl sites for hydroxylation is 1. The van der Waals surface area contributed by atoms with Crippen LogP contribution in [-0.2, 0) is 0 Å². The van der Waals surface area contributed by atoms with E-state index in [-0.39, 0.29) is 11.9 Å². The van der Waals surface area contributed by atoms with Crippen molar-refractivity contribution < 1.29 is 4.79 Å². The number of aromatic amines is 1. The van der Waals surface area contributed by atoms with Gasteiger partial charge in [0.15, 0.2) is 0 Å². The molecule has 1 rings (SSSR count). The summed E-state index contributed by atoms with van der Waals surface area (Å²) in [7, 11) is 1.73. The molecule has 3 N–H and O–H groups in total. The maximum absolute atomic E-state index is 11.8. The molecule has 0 saturated heterocycles. The molecule has 5 heteroatoms. The lowest BCUT2D eigenvalue weighted by molar-refractivity contribution is 0.0788. The Bertz CT molecular complexity index is 318. The van der Waals surface area contributed by atoms with Crippen LogP contribution in [0.15, 0.2) is 6.20 Å². The number of nitrogens with two attached hydrogens (primary N) is 1. The maximum atomic E-state index is 11.8. The smallest absolute Gasteiger partial charge is 0.257 e. The van der Waals surface area contributed by atoms with Gasteiger partial charge in [-0.25, -0.2) is 0 Å². The molecule has 0 fully saturated rings. The van der Waals surface area contributed by atoms with Crippen LogP contribution in [0.4, 0.5) is 0 Å². The van der Waals surface area contributed by atoms with E-state index in [0.717, 1.165) is 5.69 Å². The standard InChI is InChI=1S/C9H16N4O/c1-6(10)5-13(3)9(14)8-4-11-12-7(8)2/h4,6H,5,10H2,1-3H3,(H,11,12). The topological polar surface area (TPSA) is 75.0 Å². The van der Waals surface area contributed by atoms with Crippen LogP contribution >= 0.6 is 0 Å². The van der Waals surface area contributed by atoms with Crippen molar-refractivity contribution in [2.24, 2.45) is 5.73 Å². The van der Waals surface area contributed by atoms with Crippen LogP contribution in [0.3, 0.4) is 0 Å². The number of H-pyrrole nitrogens is 1. The Kier molecular flexibility index (Phi) is 3.24. The first-order valence-corrected chi connectivity index (χ1v) is 4.53. The van der Waals surface area contributed by atoms with Crippen molar-refractivity contribution in [2.75, 3.05) is 13.6 Å². The van der Waals surface area contributed by atoms with Crippen LogP contribution in [-0.4, -0.2) is 40.6 Å². The number of hydrogen-bond acceptors (Lipinski definition) is 3. The lowest BCUT2D eigenvalue weighted by Crippen LogP contribution is -2.37. The molecule has 1 heterocycles. The largest absolute Gasteiger partial charge is 0.340 e. The molecular formula is C9H16N4O. The second-order valence-corrected chi connectivity index (χ2v) is 3.57. The van der Waals surface area contributed by atoms with E-state index >= 15 is 0 Å². The van der Waals surface area contributed by atoms with Crippen LogP contribution in [0.5, 0.6) is 0 Å². The number of aromatic nitrogens is 2. The minimum absolute atomic E-state index is 0.0174. The third-order valence-electron chi connectivity index (χ3n) is 1.97. The van der Waals surface area contributed by atoms with Gasteiger partial charge in [-0.05, 0) is 13.8 Å². The van der Waals surface area contributed by atoms with E-state index in [1.54, 1.807) is 11.9 Å². The molecule has 1 amide bonds. The number of carbonyl (C=O) groups excluding carboxylic acids is 1. The molecule has 1 aromatic heterocycles. The van der Waals surface area contributed by atoms with Gasteiger partial charge in [0.1, 0.15) is 0 Å². The lowest BCUT2D eigenvalue weighted by Gasteiger charge is -2.18. The van der Waals surface area contributed by atoms with E-state index in [0.29, 0.717) is 12.1 Å². The summed E-state index contributed by atoms with van der Waals surface area (Å²) in [5, 5.41) is 6.53. The first-order valence-electron chi connectivity index (χ1n) is 4.53.